The number of aromatic nitrogens is 1. The zero-order chi connectivity index (χ0) is 17.3. The number of ether oxygens (including phenoxy) is 2. The molecule has 1 aromatic carbocycles. The van der Waals surface area contributed by atoms with Crippen LogP contribution in [-0.2, 0) is 4.74 Å². The molecule has 1 fully saturated rings. The topological polar surface area (TPSA) is 57.5 Å². The molecule has 0 aliphatic heterocycles. The monoisotopic (exact) mass is 327 g/mol. The van der Waals surface area contributed by atoms with Crippen molar-refractivity contribution in [2.75, 3.05) is 13.7 Å². The van der Waals surface area contributed by atoms with E-state index in [0.717, 1.165) is 24.2 Å². The Balaban J connectivity index is 1.67. The van der Waals surface area contributed by atoms with Gasteiger partial charge in [0.1, 0.15) is 5.75 Å². The second-order valence-electron chi connectivity index (χ2n) is 6.12. The highest BCUT2D eigenvalue weighted by Gasteiger charge is 2.28. The lowest BCUT2D eigenvalue weighted by Crippen LogP contribution is -2.15. The Morgan fingerprint density at radius 1 is 1.21 bits per heavy atom. The number of esters is 1. The molecule has 24 heavy (non-hydrogen) atoms. The van der Waals surface area contributed by atoms with Crippen LogP contribution in [-0.4, -0.2) is 30.0 Å². The second kappa shape index (κ2) is 6.51. The summed E-state index contributed by atoms with van der Waals surface area (Å²) in [7, 11) is 1.54. The van der Waals surface area contributed by atoms with Gasteiger partial charge in [0.05, 0.1) is 12.7 Å². The highest BCUT2D eigenvalue weighted by molar-refractivity contribution is 5.99. The van der Waals surface area contributed by atoms with Gasteiger partial charge in [0.15, 0.2) is 12.4 Å². The van der Waals surface area contributed by atoms with Crippen molar-refractivity contribution in [1.29, 1.82) is 0 Å². The summed E-state index contributed by atoms with van der Waals surface area (Å²) < 4.78 is 12.5. The van der Waals surface area contributed by atoms with E-state index in [4.69, 9.17) is 9.47 Å². The first kappa shape index (κ1) is 16.3. The van der Waals surface area contributed by atoms with E-state index < -0.39 is 5.97 Å². The fraction of sp³-hybridized carbons (Fsp3) is 0.368. The van der Waals surface area contributed by atoms with Crippen LogP contribution in [0.4, 0.5) is 0 Å². The highest BCUT2D eigenvalue weighted by atomic mass is 16.5. The van der Waals surface area contributed by atoms with E-state index in [9.17, 15) is 9.59 Å². The number of hydrogen-bond donors (Lipinski definition) is 0. The van der Waals surface area contributed by atoms with Crippen LogP contribution in [0.2, 0.25) is 0 Å². The molecule has 0 saturated heterocycles. The fourth-order valence-electron chi connectivity index (χ4n) is 2.97. The summed E-state index contributed by atoms with van der Waals surface area (Å²) in [5.41, 5.74) is 2.97. The molecule has 126 valence electrons. The predicted molar refractivity (Wildman–Crippen MR) is 89.8 cm³/mol. The first-order valence-electron chi connectivity index (χ1n) is 8.04. The molecule has 1 aliphatic carbocycles. The van der Waals surface area contributed by atoms with Crippen molar-refractivity contribution in [1.82, 2.24) is 4.57 Å². The molecule has 0 N–H and O–H groups in total. The predicted octanol–water partition coefficient (Wildman–Crippen LogP) is 3.49. The Bertz CT molecular complexity index is 787. The van der Waals surface area contributed by atoms with Gasteiger partial charge in [0, 0.05) is 23.0 Å². The summed E-state index contributed by atoms with van der Waals surface area (Å²) in [6.45, 7) is 3.63. The number of hydrogen-bond acceptors (Lipinski definition) is 4. The third-order valence-corrected chi connectivity index (χ3v) is 4.34. The molecule has 1 heterocycles. The van der Waals surface area contributed by atoms with Crippen LogP contribution in [0.5, 0.6) is 5.75 Å². The zero-order valence-electron chi connectivity index (χ0n) is 14.2. The van der Waals surface area contributed by atoms with Gasteiger partial charge >= 0.3 is 5.97 Å². The smallest absolute Gasteiger partial charge is 0.340 e. The van der Waals surface area contributed by atoms with E-state index in [1.54, 1.807) is 31.4 Å². The average Bonchev–Trinajstić information content (AvgIpc) is 3.37. The number of Topliss-reactive ketones (excluding diaryl/α,β-unsaturated/α-hetero) is 1. The lowest BCUT2D eigenvalue weighted by Gasteiger charge is -2.08. The minimum Gasteiger partial charge on any atom is -0.497 e. The molecule has 1 aromatic heterocycles. The molecule has 2 aromatic rings. The van der Waals surface area contributed by atoms with Crippen molar-refractivity contribution in [3.05, 3.63) is 52.8 Å². The van der Waals surface area contributed by atoms with Gasteiger partial charge in [-0.3, -0.25) is 4.79 Å². The SMILES string of the molecule is COc1cccc(C(=O)COC(=O)c2cc(C)n(C3CC3)c2C)c1. The largest absolute Gasteiger partial charge is 0.497 e. The van der Waals surface area contributed by atoms with Crippen molar-refractivity contribution in [3.8, 4) is 5.75 Å². The average molecular weight is 327 g/mol. The lowest BCUT2D eigenvalue weighted by atomic mass is 10.1. The third-order valence-electron chi connectivity index (χ3n) is 4.34. The molecule has 1 saturated carbocycles. The number of benzene rings is 1. The maximum absolute atomic E-state index is 12.3. The molecule has 5 heteroatoms. The standard InChI is InChI=1S/C19H21NO4/c1-12-9-17(13(2)20(12)15-7-8-15)19(22)24-11-18(21)14-5-4-6-16(10-14)23-3/h4-6,9-10,15H,7-8,11H2,1-3H3. The summed E-state index contributed by atoms with van der Waals surface area (Å²) >= 11 is 0. The molecule has 0 spiro atoms. The zero-order valence-corrected chi connectivity index (χ0v) is 14.2. The summed E-state index contributed by atoms with van der Waals surface area (Å²) in [6.07, 6.45) is 2.30. The van der Waals surface area contributed by atoms with Crippen molar-refractivity contribution in [2.24, 2.45) is 0 Å². The molecule has 1 aliphatic rings. The van der Waals surface area contributed by atoms with Gasteiger partial charge in [-0.05, 0) is 44.9 Å². The third kappa shape index (κ3) is 3.20. The Kier molecular flexibility index (Phi) is 4.42. The Labute approximate surface area is 141 Å². The van der Waals surface area contributed by atoms with Crippen molar-refractivity contribution in [3.63, 3.8) is 0 Å². The van der Waals surface area contributed by atoms with Gasteiger partial charge in [-0.1, -0.05) is 12.1 Å². The van der Waals surface area contributed by atoms with Crippen molar-refractivity contribution < 1.29 is 19.1 Å². The quantitative estimate of drug-likeness (QED) is 0.602. The summed E-state index contributed by atoms with van der Waals surface area (Å²) in [4.78, 5) is 24.5. The van der Waals surface area contributed by atoms with Gasteiger partial charge in [-0.2, -0.15) is 0 Å². The van der Waals surface area contributed by atoms with E-state index in [1.165, 1.54) is 0 Å². The van der Waals surface area contributed by atoms with Gasteiger partial charge in [0.25, 0.3) is 0 Å². The van der Waals surface area contributed by atoms with Crippen LogP contribution in [0.25, 0.3) is 0 Å². The highest BCUT2D eigenvalue weighted by Crippen LogP contribution is 2.38. The van der Waals surface area contributed by atoms with Gasteiger partial charge in [-0.15, -0.1) is 0 Å². The van der Waals surface area contributed by atoms with Crippen LogP contribution < -0.4 is 4.74 Å². The minimum absolute atomic E-state index is 0.252. The number of aryl methyl sites for hydroxylation is 1. The first-order valence-corrected chi connectivity index (χ1v) is 8.04. The molecule has 5 nitrogen and oxygen atoms in total. The summed E-state index contributed by atoms with van der Waals surface area (Å²) in [6, 6.07) is 9.15. The Morgan fingerprint density at radius 3 is 2.62 bits per heavy atom. The number of nitrogens with zero attached hydrogens (tertiary/aromatic N) is 1. The van der Waals surface area contributed by atoms with E-state index in [2.05, 4.69) is 4.57 Å². The summed E-state index contributed by atoms with van der Waals surface area (Å²) in [5, 5.41) is 0. The first-order chi connectivity index (χ1) is 11.5. The minimum atomic E-state index is -0.453. The maximum atomic E-state index is 12.3. The van der Waals surface area contributed by atoms with Crippen LogP contribution in [0, 0.1) is 13.8 Å². The van der Waals surface area contributed by atoms with E-state index in [-0.39, 0.29) is 12.4 Å². The Morgan fingerprint density at radius 2 is 1.96 bits per heavy atom. The number of rotatable bonds is 6. The van der Waals surface area contributed by atoms with Crippen molar-refractivity contribution >= 4 is 11.8 Å². The Hall–Kier alpha value is -2.56. The van der Waals surface area contributed by atoms with Gasteiger partial charge < -0.3 is 14.0 Å². The number of ketones is 1. The van der Waals surface area contributed by atoms with E-state index >= 15 is 0 Å². The van der Waals surface area contributed by atoms with Crippen LogP contribution in [0.15, 0.2) is 30.3 Å². The lowest BCUT2D eigenvalue weighted by molar-refractivity contribution is 0.0474. The van der Waals surface area contributed by atoms with Crippen LogP contribution in [0.3, 0.4) is 0 Å². The molecule has 0 amide bonds. The molecular formula is C19H21NO4. The van der Waals surface area contributed by atoms with E-state index in [1.807, 2.05) is 19.9 Å². The van der Waals surface area contributed by atoms with Crippen LogP contribution >= 0.6 is 0 Å². The van der Waals surface area contributed by atoms with Gasteiger partial charge in [-0.25, -0.2) is 4.79 Å². The molecule has 0 atom stereocenters. The molecule has 0 bridgehead atoms. The van der Waals surface area contributed by atoms with Crippen LogP contribution in [0.1, 0.15) is 51.0 Å². The van der Waals surface area contributed by atoms with Crippen molar-refractivity contribution in [2.45, 2.75) is 32.7 Å². The number of carbonyl (C=O) groups excluding carboxylic acids is 2. The van der Waals surface area contributed by atoms with Gasteiger partial charge in [0.2, 0.25) is 0 Å². The molecule has 3 rings (SSSR count). The normalized spacial score (nSPS) is 13.6. The number of carbonyl (C=O) groups is 2. The second-order valence-corrected chi connectivity index (χ2v) is 6.12. The fourth-order valence-corrected chi connectivity index (χ4v) is 2.97. The maximum Gasteiger partial charge on any atom is 0.340 e. The van der Waals surface area contributed by atoms with E-state index in [0.29, 0.717) is 22.9 Å². The molecular weight excluding hydrogens is 306 g/mol. The number of methoxy groups -OCH3 is 1. The summed E-state index contributed by atoms with van der Waals surface area (Å²) in [5.74, 6) is -0.107. The molecule has 0 radical (unpaired) electrons. The molecule has 0 unspecified atom stereocenters.